The maximum Gasteiger partial charge on any atom is 0.363 e. The van der Waals surface area contributed by atoms with E-state index in [0.29, 0.717) is 18.5 Å². The average Bonchev–Trinajstić information content (AvgIpc) is 2.74. The van der Waals surface area contributed by atoms with Gasteiger partial charge in [-0.15, -0.1) is 0 Å². The summed E-state index contributed by atoms with van der Waals surface area (Å²) in [6.07, 6.45) is 3.76. The smallest absolute Gasteiger partial charge is 0.323 e. The summed E-state index contributed by atoms with van der Waals surface area (Å²) in [5.74, 6) is 0. The third-order valence-electron chi connectivity index (χ3n) is 2.44. The minimum absolute atomic E-state index is 0.363. The second-order valence-electron chi connectivity index (χ2n) is 3.53. The van der Waals surface area contributed by atoms with Gasteiger partial charge in [-0.2, -0.15) is 0 Å². The van der Waals surface area contributed by atoms with Crippen molar-refractivity contribution in [3.63, 3.8) is 0 Å². The van der Waals surface area contributed by atoms with Gasteiger partial charge < -0.3 is 13.4 Å². The maximum atomic E-state index is 12.6. The van der Waals surface area contributed by atoms with E-state index in [1.165, 1.54) is 0 Å². The van der Waals surface area contributed by atoms with E-state index < -0.39 is 7.60 Å². The van der Waals surface area contributed by atoms with Gasteiger partial charge in [-0.1, -0.05) is 6.07 Å². The van der Waals surface area contributed by atoms with Crippen molar-refractivity contribution in [3.05, 3.63) is 36.7 Å². The van der Waals surface area contributed by atoms with Gasteiger partial charge in [0.25, 0.3) is 0 Å². The molecule has 0 saturated heterocycles. The van der Waals surface area contributed by atoms with E-state index in [9.17, 15) is 4.57 Å². The summed E-state index contributed by atoms with van der Waals surface area (Å²) in [7, 11) is -3.19. The molecule has 0 fully saturated rings. The summed E-state index contributed by atoms with van der Waals surface area (Å²) in [4.78, 5) is 0. The molecule has 0 amide bonds. The van der Waals surface area contributed by atoms with Crippen LogP contribution in [0.15, 0.2) is 36.7 Å². The second-order valence-corrected chi connectivity index (χ2v) is 5.52. The lowest BCUT2D eigenvalue weighted by atomic mass is 10.4. The fourth-order valence-corrected chi connectivity index (χ4v) is 3.54. The first-order valence-electron chi connectivity index (χ1n) is 5.66. The molecule has 0 aliphatic heterocycles. The van der Waals surface area contributed by atoms with E-state index in [1.807, 2.05) is 48.8 Å². The summed E-state index contributed by atoms with van der Waals surface area (Å²) in [5, 5.41) is 0.627. The fourth-order valence-electron chi connectivity index (χ4n) is 1.79. The van der Waals surface area contributed by atoms with Crippen LogP contribution in [0, 0.1) is 0 Å². The molecule has 17 heavy (non-hydrogen) atoms. The van der Waals surface area contributed by atoms with Crippen LogP contribution in [-0.4, -0.2) is 17.6 Å². The zero-order valence-corrected chi connectivity index (χ0v) is 10.9. The standard InChI is InChI=1S/C12H16NO3P/c1-3-15-17(14,16-4-2)12-8-10-13-9-6-5-7-11(12)13/h5-10H,3-4H2,1-2H3. The Hall–Kier alpha value is -1.09. The van der Waals surface area contributed by atoms with Crippen LogP contribution in [0.3, 0.4) is 0 Å². The molecule has 2 heterocycles. The molecule has 0 N–H and O–H groups in total. The monoisotopic (exact) mass is 253 g/mol. The van der Waals surface area contributed by atoms with E-state index in [0.717, 1.165) is 5.52 Å². The highest BCUT2D eigenvalue weighted by Gasteiger charge is 2.29. The Labute approximate surface area is 101 Å². The first-order chi connectivity index (χ1) is 8.21. The van der Waals surface area contributed by atoms with Crippen LogP contribution in [0.1, 0.15) is 13.8 Å². The van der Waals surface area contributed by atoms with Gasteiger partial charge in [0.1, 0.15) is 0 Å². The molecule has 0 atom stereocenters. The van der Waals surface area contributed by atoms with Gasteiger partial charge in [0.05, 0.1) is 24.0 Å². The van der Waals surface area contributed by atoms with E-state index in [4.69, 9.17) is 9.05 Å². The predicted molar refractivity (Wildman–Crippen MR) is 67.9 cm³/mol. The molecule has 0 aliphatic carbocycles. The van der Waals surface area contributed by atoms with Gasteiger partial charge in [-0.3, -0.25) is 4.57 Å². The predicted octanol–water partition coefficient (Wildman–Crippen LogP) is 2.83. The molecule has 92 valence electrons. The van der Waals surface area contributed by atoms with Crippen molar-refractivity contribution in [1.29, 1.82) is 0 Å². The molecule has 0 radical (unpaired) electrons. The van der Waals surface area contributed by atoms with Crippen molar-refractivity contribution >= 4 is 18.4 Å². The summed E-state index contributed by atoms with van der Waals surface area (Å²) in [5.41, 5.74) is 0.859. The SMILES string of the molecule is CCOP(=O)(OCC)c1ccn2ccccc12. The first-order valence-corrected chi connectivity index (χ1v) is 7.21. The number of rotatable bonds is 5. The van der Waals surface area contributed by atoms with Crippen molar-refractivity contribution in [1.82, 2.24) is 4.40 Å². The van der Waals surface area contributed by atoms with Crippen molar-refractivity contribution in [2.24, 2.45) is 0 Å². The summed E-state index contributed by atoms with van der Waals surface area (Å²) in [6, 6.07) is 7.52. The summed E-state index contributed by atoms with van der Waals surface area (Å²) < 4.78 is 25.2. The lowest BCUT2D eigenvalue weighted by Crippen LogP contribution is -2.10. The van der Waals surface area contributed by atoms with Crippen LogP contribution in [0.5, 0.6) is 0 Å². The van der Waals surface area contributed by atoms with E-state index in [-0.39, 0.29) is 0 Å². The van der Waals surface area contributed by atoms with Gasteiger partial charge in [0.2, 0.25) is 0 Å². The molecule has 0 unspecified atom stereocenters. The van der Waals surface area contributed by atoms with Gasteiger partial charge in [0.15, 0.2) is 0 Å². The molecule has 0 saturated carbocycles. The van der Waals surface area contributed by atoms with Crippen LogP contribution >= 0.6 is 7.60 Å². The van der Waals surface area contributed by atoms with Crippen LogP contribution in [0.25, 0.3) is 5.52 Å². The molecule has 4 nitrogen and oxygen atoms in total. The average molecular weight is 253 g/mol. The zero-order chi connectivity index (χ0) is 12.3. The molecular weight excluding hydrogens is 237 g/mol. The molecule has 0 aliphatic rings. The van der Waals surface area contributed by atoms with Gasteiger partial charge in [-0.05, 0) is 32.0 Å². The number of nitrogens with zero attached hydrogens (tertiary/aromatic N) is 1. The zero-order valence-electron chi connectivity index (χ0n) is 10.00. The van der Waals surface area contributed by atoms with Gasteiger partial charge in [0, 0.05) is 12.4 Å². The highest BCUT2D eigenvalue weighted by molar-refractivity contribution is 7.62. The van der Waals surface area contributed by atoms with Gasteiger partial charge in [-0.25, -0.2) is 0 Å². The number of aromatic nitrogens is 1. The van der Waals surface area contributed by atoms with Crippen molar-refractivity contribution in [2.45, 2.75) is 13.8 Å². The Bertz CT molecular complexity index is 539. The summed E-state index contributed by atoms with van der Waals surface area (Å²) in [6.45, 7) is 4.34. The maximum absolute atomic E-state index is 12.6. The minimum atomic E-state index is -3.19. The molecule has 2 rings (SSSR count). The fraction of sp³-hybridized carbons (Fsp3) is 0.333. The number of hydrogen-bond acceptors (Lipinski definition) is 3. The molecule has 0 spiro atoms. The quantitative estimate of drug-likeness (QED) is 0.769. The van der Waals surface area contributed by atoms with Gasteiger partial charge >= 0.3 is 7.60 Å². The van der Waals surface area contributed by atoms with E-state index >= 15 is 0 Å². The van der Waals surface area contributed by atoms with E-state index in [2.05, 4.69) is 0 Å². The Balaban J connectivity index is 2.52. The molecule has 0 aromatic carbocycles. The Morgan fingerprint density at radius 1 is 1.12 bits per heavy atom. The lowest BCUT2D eigenvalue weighted by Gasteiger charge is -2.16. The van der Waals surface area contributed by atoms with Crippen LogP contribution in [-0.2, 0) is 13.6 Å². The topological polar surface area (TPSA) is 39.9 Å². The normalized spacial score (nSPS) is 12.1. The highest BCUT2D eigenvalue weighted by atomic mass is 31.2. The number of hydrogen-bond donors (Lipinski definition) is 0. The molecule has 5 heteroatoms. The third kappa shape index (κ3) is 2.29. The first kappa shape index (κ1) is 12.4. The Morgan fingerprint density at radius 2 is 1.82 bits per heavy atom. The third-order valence-corrected chi connectivity index (χ3v) is 4.60. The molecular formula is C12H16NO3P. The number of pyridine rings is 1. The van der Waals surface area contributed by atoms with Crippen molar-refractivity contribution in [2.75, 3.05) is 13.2 Å². The van der Waals surface area contributed by atoms with Crippen LogP contribution < -0.4 is 5.30 Å². The van der Waals surface area contributed by atoms with Crippen molar-refractivity contribution < 1.29 is 13.6 Å². The largest absolute Gasteiger partial charge is 0.363 e. The van der Waals surface area contributed by atoms with Crippen LogP contribution in [0.4, 0.5) is 0 Å². The number of fused-ring (bicyclic) bond motifs is 1. The minimum Gasteiger partial charge on any atom is -0.323 e. The molecule has 2 aromatic heterocycles. The Morgan fingerprint density at radius 3 is 2.47 bits per heavy atom. The second kappa shape index (κ2) is 5.05. The lowest BCUT2D eigenvalue weighted by molar-refractivity contribution is 0.230. The van der Waals surface area contributed by atoms with E-state index in [1.54, 1.807) is 6.07 Å². The molecule has 2 aromatic rings. The molecule has 0 bridgehead atoms. The van der Waals surface area contributed by atoms with Crippen molar-refractivity contribution in [3.8, 4) is 0 Å². The highest BCUT2D eigenvalue weighted by Crippen LogP contribution is 2.47. The summed E-state index contributed by atoms with van der Waals surface area (Å²) >= 11 is 0. The van der Waals surface area contributed by atoms with Crippen LogP contribution in [0.2, 0.25) is 0 Å². The Kier molecular flexibility index (Phi) is 3.67.